The SMILES string of the molecule is C=C[Si](OC)(OC)OC.CO[Si]1(OC)CCCS1.N#N.[U].[V]. The van der Waals surface area contributed by atoms with E-state index in [1.165, 1.54) is 12.2 Å². The summed E-state index contributed by atoms with van der Waals surface area (Å²) in [5, 5.41) is 12.0. The molecule has 0 bridgehead atoms. The van der Waals surface area contributed by atoms with Crippen molar-refractivity contribution in [3.63, 3.8) is 0 Å². The van der Waals surface area contributed by atoms with Crippen LogP contribution in [-0.2, 0) is 40.7 Å². The third-order valence-corrected chi connectivity index (χ3v) is 11.6. The second-order valence-electron chi connectivity index (χ2n) is 3.46. The fraction of sp³-hybridized carbons (Fsp3) is 0.800. The molecule has 1 saturated heterocycles. The van der Waals surface area contributed by atoms with Crippen molar-refractivity contribution < 1.29 is 71.8 Å². The largest absolute Gasteiger partial charge is 0.528 e. The normalized spacial score (nSPS) is 14.9. The van der Waals surface area contributed by atoms with Crippen LogP contribution in [0, 0.1) is 41.9 Å². The number of hydrogen-bond acceptors (Lipinski definition) is 8. The maximum atomic E-state index is 6.00. The van der Waals surface area contributed by atoms with Gasteiger partial charge in [-0.15, -0.1) is 11.2 Å². The van der Waals surface area contributed by atoms with Gasteiger partial charge in [-0.2, -0.15) is 0 Å². The molecule has 0 amide bonds. The number of hydrogen-bond donors (Lipinski definition) is 0. The van der Waals surface area contributed by atoms with E-state index in [0.717, 1.165) is 6.04 Å². The summed E-state index contributed by atoms with van der Waals surface area (Å²) in [5.41, 5.74) is 1.58. The summed E-state index contributed by atoms with van der Waals surface area (Å²) in [7, 11) is 4.05. The van der Waals surface area contributed by atoms with E-state index >= 15 is 0 Å². The van der Waals surface area contributed by atoms with E-state index in [4.69, 9.17) is 32.9 Å². The van der Waals surface area contributed by atoms with Crippen LogP contribution < -0.4 is 0 Å². The minimum atomic E-state index is -2.43. The molecule has 0 spiro atoms. The quantitative estimate of drug-likeness (QED) is 0.326. The first-order valence-electron chi connectivity index (χ1n) is 5.81. The Balaban J connectivity index is -0.000000122. The van der Waals surface area contributed by atoms with Crippen LogP contribution in [0.5, 0.6) is 0 Å². The zero-order valence-electron chi connectivity index (χ0n) is 13.7. The molecule has 127 valence electrons. The van der Waals surface area contributed by atoms with Gasteiger partial charge < -0.3 is 22.1 Å². The molecule has 0 aromatic heterocycles. The zero-order chi connectivity index (χ0) is 16.1. The predicted molar refractivity (Wildman–Crippen MR) is 82.1 cm³/mol. The molecular formula is C10H24N2O5SSi2UV. The standard InChI is InChI=1S/C5H12O3Si.C5H12O2SSi.N2.U.V/c1-5-9(6-2,7-3)8-4;1-6-9(7-2)5-3-4-8-9;1-2;;/h5H,1H2,2-4H3;3-5H2,1-2H3;;;. The second-order valence-corrected chi connectivity index (χ2v) is 12.4. The summed E-state index contributed by atoms with van der Waals surface area (Å²) < 4.78 is 25.5. The summed E-state index contributed by atoms with van der Waals surface area (Å²) in [6.07, 6.45) is 1.26. The molecular weight excluding hydrogens is 605 g/mol. The first-order valence-corrected chi connectivity index (χ1v) is 11.3. The van der Waals surface area contributed by atoms with Gasteiger partial charge in [0, 0.05) is 102 Å². The Hall–Kier alpha value is 1.38. The van der Waals surface area contributed by atoms with Gasteiger partial charge in [-0.25, -0.2) is 0 Å². The summed E-state index contributed by atoms with van der Waals surface area (Å²) in [4.78, 5) is 0. The molecule has 1 aliphatic rings. The van der Waals surface area contributed by atoms with Crippen LogP contribution in [0.4, 0.5) is 0 Å². The average Bonchev–Trinajstić information content (AvgIpc) is 3.02. The van der Waals surface area contributed by atoms with Gasteiger partial charge in [0.1, 0.15) is 0 Å². The van der Waals surface area contributed by atoms with Crippen molar-refractivity contribution in [1.82, 2.24) is 0 Å². The zero-order valence-corrected chi connectivity index (χ0v) is 22.1. The monoisotopic (exact) mass is 629 g/mol. The third kappa shape index (κ3) is 11.0. The summed E-state index contributed by atoms with van der Waals surface area (Å²) in [5.74, 6) is 1.22. The number of nitrogens with zero attached hydrogens (tertiary/aromatic N) is 2. The molecule has 1 aliphatic heterocycles. The van der Waals surface area contributed by atoms with Crippen LogP contribution >= 0.6 is 11.2 Å². The molecule has 0 saturated carbocycles. The average molecular weight is 630 g/mol. The predicted octanol–water partition coefficient (Wildman–Crippen LogP) is 1.97. The van der Waals surface area contributed by atoms with Gasteiger partial charge in [0.2, 0.25) is 0 Å². The maximum Gasteiger partial charge on any atom is 0.528 e. The Kier molecular flexibility index (Phi) is 26.5. The summed E-state index contributed by atoms with van der Waals surface area (Å²) in [6.45, 7) is 3.53. The molecule has 0 unspecified atom stereocenters. The minimum absolute atomic E-state index is 0. The van der Waals surface area contributed by atoms with E-state index in [2.05, 4.69) is 6.58 Å². The summed E-state index contributed by atoms with van der Waals surface area (Å²) >= 11 is 1.88. The molecule has 1 rings (SSSR count). The number of rotatable bonds is 6. The Labute approximate surface area is 175 Å². The Morgan fingerprint density at radius 3 is 1.55 bits per heavy atom. The molecule has 0 aromatic rings. The van der Waals surface area contributed by atoms with Gasteiger partial charge in [0.25, 0.3) is 0 Å². The third-order valence-electron chi connectivity index (χ3n) is 2.67. The van der Waals surface area contributed by atoms with Crippen molar-refractivity contribution >= 4 is 27.7 Å². The Bertz CT molecular complexity index is 271. The van der Waals surface area contributed by atoms with Crippen LogP contribution in [-0.4, -0.2) is 57.8 Å². The first-order chi connectivity index (χ1) is 9.57. The van der Waals surface area contributed by atoms with Crippen molar-refractivity contribution in [2.75, 3.05) is 41.3 Å². The molecule has 7 nitrogen and oxygen atoms in total. The Morgan fingerprint density at radius 1 is 1.05 bits per heavy atom. The van der Waals surface area contributed by atoms with Crippen LogP contribution in [0.2, 0.25) is 6.04 Å². The molecule has 1 heterocycles. The molecule has 1 radical (unpaired) electrons. The van der Waals surface area contributed by atoms with Gasteiger partial charge in [0.15, 0.2) is 0 Å². The van der Waals surface area contributed by atoms with Crippen LogP contribution in [0.3, 0.4) is 0 Å². The molecule has 0 N–H and O–H groups in total. The molecule has 0 aliphatic carbocycles. The fourth-order valence-corrected chi connectivity index (χ4v) is 7.85. The second kappa shape index (κ2) is 18.7. The van der Waals surface area contributed by atoms with Crippen molar-refractivity contribution in [3.8, 4) is 0 Å². The van der Waals surface area contributed by atoms with E-state index in [0.29, 0.717) is 0 Å². The van der Waals surface area contributed by atoms with Gasteiger partial charge >= 0.3 is 16.5 Å². The smallest absolute Gasteiger partial charge is 0.390 e. The van der Waals surface area contributed by atoms with Crippen molar-refractivity contribution in [3.05, 3.63) is 12.3 Å². The van der Waals surface area contributed by atoms with Crippen LogP contribution in [0.25, 0.3) is 0 Å². The van der Waals surface area contributed by atoms with E-state index in [9.17, 15) is 0 Å². The van der Waals surface area contributed by atoms with E-state index < -0.39 is 16.5 Å². The minimum Gasteiger partial charge on any atom is -0.390 e. The van der Waals surface area contributed by atoms with Crippen molar-refractivity contribution in [2.45, 2.75) is 12.5 Å². The van der Waals surface area contributed by atoms with Crippen molar-refractivity contribution in [1.29, 1.82) is 10.8 Å². The molecule has 0 aromatic carbocycles. The van der Waals surface area contributed by atoms with Gasteiger partial charge in [0.05, 0.1) is 0 Å². The Morgan fingerprint density at radius 2 is 1.45 bits per heavy atom. The van der Waals surface area contributed by atoms with Crippen LogP contribution in [0.1, 0.15) is 6.42 Å². The topological polar surface area (TPSA) is 93.7 Å². The molecule has 1 fully saturated rings. The van der Waals surface area contributed by atoms with E-state index in [-0.39, 0.29) is 49.7 Å². The maximum absolute atomic E-state index is 6.00. The van der Waals surface area contributed by atoms with Crippen LogP contribution in [0.15, 0.2) is 12.3 Å². The molecule has 12 heteroatoms. The molecule has 0 atom stereocenters. The molecule has 22 heavy (non-hydrogen) atoms. The van der Waals surface area contributed by atoms with Gasteiger partial charge in [-0.05, 0) is 17.9 Å². The van der Waals surface area contributed by atoms with E-state index in [1.54, 1.807) is 41.2 Å². The first kappa shape index (κ1) is 31.2. The van der Waals surface area contributed by atoms with Gasteiger partial charge in [-0.3, -0.25) is 0 Å². The van der Waals surface area contributed by atoms with Gasteiger partial charge in [-0.1, -0.05) is 6.58 Å². The fourth-order valence-electron chi connectivity index (χ4n) is 1.49. The summed E-state index contributed by atoms with van der Waals surface area (Å²) in [6, 6.07) is 1.16. The van der Waals surface area contributed by atoms with E-state index in [1.807, 2.05) is 11.2 Å². The van der Waals surface area contributed by atoms with Crippen molar-refractivity contribution in [2.24, 2.45) is 0 Å².